The molecule has 33 heavy (non-hydrogen) atoms. The molecular weight excluding hydrogens is 396 g/mol. The maximum absolute atomic E-state index is 2.26. The number of rotatable bonds is 4. The molecule has 0 heterocycles. The Hall–Kier alpha value is -3.64. The van der Waals surface area contributed by atoms with Gasteiger partial charge in [0.2, 0.25) is 0 Å². The maximum Gasteiger partial charge on any atom is -0.0119 e. The van der Waals surface area contributed by atoms with E-state index in [-0.39, 0.29) is 0 Å². The minimum Gasteiger partial charge on any atom is -0.0622 e. The van der Waals surface area contributed by atoms with Crippen molar-refractivity contribution in [1.29, 1.82) is 0 Å². The molecular formula is C33H28. The quantitative estimate of drug-likeness (QED) is 0.308. The Morgan fingerprint density at radius 1 is 0.364 bits per heavy atom. The first kappa shape index (κ1) is 20.0. The van der Waals surface area contributed by atoms with E-state index in [1.54, 1.807) is 11.1 Å². The van der Waals surface area contributed by atoms with Gasteiger partial charge in [-0.3, -0.25) is 0 Å². The SMILES string of the molecule is c1ccc(C(=C2CC3(C2)CC(=C(c2ccccc2)c2ccccc2)C3)c2ccccc2)cc1. The van der Waals surface area contributed by atoms with Gasteiger partial charge in [0.25, 0.3) is 0 Å². The zero-order valence-corrected chi connectivity index (χ0v) is 18.9. The van der Waals surface area contributed by atoms with Crippen molar-refractivity contribution in [2.45, 2.75) is 25.7 Å². The van der Waals surface area contributed by atoms with Crippen molar-refractivity contribution < 1.29 is 0 Å². The fourth-order valence-corrected chi connectivity index (χ4v) is 5.88. The second kappa shape index (κ2) is 8.37. The van der Waals surface area contributed by atoms with E-state index in [1.165, 1.54) is 59.1 Å². The van der Waals surface area contributed by atoms with Crippen LogP contribution in [0, 0.1) is 5.41 Å². The van der Waals surface area contributed by atoms with Crippen molar-refractivity contribution in [2.24, 2.45) is 5.41 Å². The molecule has 0 unspecified atom stereocenters. The topological polar surface area (TPSA) is 0 Å². The molecule has 0 atom stereocenters. The molecule has 1 spiro atoms. The van der Waals surface area contributed by atoms with Gasteiger partial charge in [0.1, 0.15) is 0 Å². The lowest BCUT2D eigenvalue weighted by atomic mass is 9.50. The zero-order valence-electron chi connectivity index (χ0n) is 18.9. The van der Waals surface area contributed by atoms with Crippen LogP contribution in [0.25, 0.3) is 11.1 Å². The van der Waals surface area contributed by atoms with Crippen LogP contribution in [0.4, 0.5) is 0 Å². The summed E-state index contributed by atoms with van der Waals surface area (Å²) in [5, 5.41) is 0. The Kier molecular flexibility index (Phi) is 5.07. The lowest BCUT2D eigenvalue weighted by molar-refractivity contribution is 0.141. The summed E-state index contributed by atoms with van der Waals surface area (Å²) >= 11 is 0. The van der Waals surface area contributed by atoms with E-state index >= 15 is 0 Å². The number of allylic oxidation sites excluding steroid dienone is 2. The smallest absolute Gasteiger partial charge is 0.0119 e. The first-order valence-corrected chi connectivity index (χ1v) is 12.0. The van der Waals surface area contributed by atoms with Gasteiger partial charge in [-0.15, -0.1) is 0 Å². The summed E-state index contributed by atoms with van der Waals surface area (Å²) in [4.78, 5) is 0. The first-order valence-electron chi connectivity index (χ1n) is 12.0. The van der Waals surface area contributed by atoms with E-state index < -0.39 is 0 Å². The number of hydrogen-bond acceptors (Lipinski definition) is 0. The minimum absolute atomic E-state index is 0.453. The van der Waals surface area contributed by atoms with E-state index in [0.717, 1.165) is 0 Å². The molecule has 4 aromatic carbocycles. The molecule has 0 saturated heterocycles. The lowest BCUT2D eigenvalue weighted by Gasteiger charge is -2.54. The van der Waals surface area contributed by atoms with Gasteiger partial charge in [0.05, 0.1) is 0 Å². The van der Waals surface area contributed by atoms with Crippen LogP contribution in [0.15, 0.2) is 132 Å². The van der Waals surface area contributed by atoms with Gasteiger partial charge in [-0.2, -0.15) is 0 Å². The predicted molar refractivity (Wildman–Crippen MR) is 139 cm³/mol. The molecule has 0 aromatic heterocycles. The third-order valence-electron chi connectivity index (χ3n) is 7.31. The molecule has 2 aliphatic carbocycles. The van der Waals surface area contributed by atoms with Crippen LogP contribution in [0.3, 0.4) is 0 Å². The van der Waals surface area contributed by atoms with Crippen molar-refractivity contribution in [3.05, 3.63) is 155 Å². The maximum atomic E-state index is 2.26. The largest absolute Gasteiger partial charge is 0.0622 e. The van der Waals surface area contributed by atoms with Crippen LogP contribution in [0.5, 0.6) is 0 Å². The molecule has 160 valence electrons. The highest BCUT2D eigenvalue weighted by Gasteiger charge is 2.49. The second-order valence-electron chi connectivity index (χ2n) is 9.63. The Balaban J connectivity index is 1.32. The van der Waals surface area contributed by atoms with Crippen LogP contribution in [-0.4, -0.2) is 0 Å². The van der Waals surface area contributed by atoms with Crippen LogP contribution >= 0.6 is 0 Å². The number of benzene rings is 4. The van der Waals surface area contributed by atoms with Gasteiger partial charge in [0.15, 0.2) is 0 Å². The van der Waals surface area contributed by atoms with Crippen molar-refractivity contribution in [1.82, 2.24) is 0 Å². The molecule has 2 aliphatic rings. The Labute approximate surface area is 196 Å². The van der Waals surface area contributed by atoms with Crippen LogP contribution < -0.4 is 0 Å². The molecule has 0 radical (unpaired) electrons. The Bertz CT molecular complexity index is 1100. The standard InChI is InChI=1S/C33H28/c1-5-13-25(14-6-1)31(26-15-7-2-8-16-26)29-21-33(22-29)23-30(24-33)32(27-17-9-3-10-18-27)28-19-11-4-12-20-28/h1-20H,21-24H2. The Morgan fingerprint density at radius 2 is 0.606 bits per heavy atom. The highest BCUT2D eigenvalue weighted by molar-refractivity contribution is 5.85. The molecule has 2 fully saturated rings. The molecule has 0 heteroatoms. The summed E-state index contributed by atoms with van der Waals surface area (Å²) in [6.45, 7) is 0. The van der Waals surface area contributed by atoms with Gasteiger partial charge in [0, 0.05) is 0 Å². The average Bonchev–Trinajstić information content (AvgIpc) is 2.84. The van der Waals surface area contributed by atoms with Gasteiger partial charge < -0.3 is 0 Å². The second-order valence-corrected chi connectivity index (χ2v) is 9.63. The monoisotopic (exact) mass is 424 g/mol. The predicted octanol–water partition coefficient (Wildman–Crippen LogP) is 8.56. The molecule has 0 amide bonds. The van der Waals surface area contributed by atoms with Crippen molar-refractivity contribution in [3.8, 4) is 0 Å². The van der Waals surface area contributed by atoms with Gasteiger partial charge in [-0.1, -0.05) is 132 Å². The molecule has 0 aliphatic heterocycles. The molecule has 6 rings (SSSR count). The van der Waals surface area contributed by atoms with Crippen molar-refractivity contribution in [3.63, 3.8) is 0 Å². The Morgan fingerprint density at radius 3 is 0.848 bits per heavy atom. The highest BCUT2D eigenvalue weighted by atomic mass is 14.5. The van der Waals surface area contributed by atoms with Gasteiger partial charge in [-0.25, -0.2) is 0 Å². The lowest BCUT2D eigenvalue weighted by Crippen LogP contribution is -2.40. The normalized spacial score (nSPS) is 19.0. The molecule has 2 saturated carbocycles. The summed E-state index contributed by atoms with van der Waals surface area (Å²) in [7, 11) is 0. The summed E-state index contributed by atoms with van der Waals surface area (Å²) in [5.41, 5.74) is 12.0. The van der Waals surface area contributed by atoms with E-state index in [4.69, 9.17) is 0 Å². The molecule has 0 N–H and O–H groups in total. The van der Waals surface area contributed by atoms with E-state index in [9.17, 15) is 0 Å². The zero-order chi connectivity index (χ0) is 22.1. The van der Waals surface area contributed by atoms with Crippen LogP contribution in [-0.2, 0) is 0 Å². The summed E-state index contributed by atoms with van der Waals surface area (Å²) in [6, 6.07) is 43.8. The van der Waals surface area contributed by atoms with Gasteiger partial charge in [-0.05, 0) is 64.5 Å². The minimum atomic E-state index is 0.453. The summed E-state index contributed by atoms with van der Waals surface area (Å²) in [6.07, 6.45) is 4.86. The van der Waals surface area contributed by atoms with E-state index in [0.29, 0.717) is 5.41 Å². The third-order valence-corrected chi connectivity index (χ3v) is 7.31. The van der Waals surface area contributed by atoms with Crippen LogP contribution in [0.2, 0.25) is 0 Å². The van der Waals surface area contributed by atoms with E-state index in [2.05, 4.69) is 121 Å². The molecule has 0 nitrogen and oxygen atoms in total. The summed E-state index contributed by atoms with van der Waals surface area (Å²) < 4.78 is 0. The molecule has 4 aromatic rings. The highest BCUT2D eigenvalue weighted by Crippen LogP contribution is 2.64. The third kappa shape index (κ3) is 3.76. The fraction of sp³-hybridized carbons (Fsp3) is 0.152. The van der Waals surface area contributed by atoms with Crippen molar-refractivity contribution >= 4 is 11.1 Å². The fourth-order valence-electron chi connectivity index (χ4n) is 5.88. The average molecular weight is 425 g/mol. The van der Waals surface area contributed by atoms with E-state index in [1.807, 2.05) is 0 Å². The van der Waals surface area contributed by atoms with Crippen molar-refractivity contribution in [2.75, 3.05) is 0 Å². The molecule has 0 bridgehead atoms. The number of hydrogen-bond donors (Lipinski definition) is 0. The summed E-state index contributed by atoms with van der Waals surface area (Å²) in [5.74, 6) is 0. The van der Waals surface area contributed by atoms with Gasteiger partial charge >= 0.3 is 0 Å². The first-order chi connectivity index (χ1) is 16.3. The van der Waals surface area contributed by atoms with Crippen LogP contribution in [0.1, 0.15) is 47.9 Å².